The van der Waals surface area contributed by atoms with E-state index in [0.29, 0.717) is 54.8 Å². The van der Waals surface area contributed by atoms with Crippen molar-refractivity contribution in [2.24, 2.45) is 0 Å². The Morgan fingerprint density at radius 1 is 1.21 bits per heavy atom. The Kier molecular flexibility index (Phi) is 10.8. The molecule has 1 aliphatic rings. The summed E-state index contributed by atoms with van der Waals surface area (Å²) >= 11 is 0. The van der Waals surface area contributed by atoms with Crippen molar-refractivity contribution in [3.8, 4) is 0 Å². The first-order valence-electron chi connectivity index (χ1n) is 14.7. The third-order valence-corrected chi connectivity index (χ3v) is 8.73. The highest BCUT2D eigenvalue weighted by Gasteiger charge is 2.38. The summed E-state index contributed by atoms with van der Waals surface area (Å²) in [6, 6.07) is 2.57. The molecule has 0 aromatic carbocycles. The zero-order valence-corrected chi connectivity index (χ0v) is 27.8. The number of nitrogens with one attached hydrogen (secondary N) is 1. The molecule has 0 radical (unpaired) electrons. The molecule has 0 bridgehead atoms. The van der Waals surface area contributed by atoms with Gasteiger partial charge in [-0.1, -0.05) is 25.7 Å². The normalized spacial score (nSPS) is 16.3. The van der Waals surface area contributed by atoms with Gasteiger partial charge in [-0.05, 0) is 60.4 Å². The number of fused-ring (bicyclic) bond motifs is 1. The van der Waals surface area contributed by atoms with Crippen molar-refractivity contribution < 1.29 is 28.5 Å². The number of amides is 1. The van der Waals surface area contributed by atoms with Crippen LogP contribution in [0.5, 0.6) is 0 Å². The number of hydrogen-bond donors (Lipinski definition) is 1. The average molecular weight is 604 g/mol. The summed E-state index contributed by atoms with van der Waals surface area (Å²) in [6.45, 7) is 24.2. The molecule has 0 aliphatic carbocycles. The summed E-state index contributed by atoms with van der Waals surface area (Å²) in [5.41, 5.74) is 0.772. The lowest BCUT2D eigenvalue weighted by molar-refractivity contribution is -0.166. The number of rotatable bonds is 12. The number of carbonyl (C=O) groups is 2. The molecular formula is C30H49N5O6Si. The molecule has 11 nitrogen and oxygen atoms in total. The maximum Gasteiger partial charge on any atom is 0.412 e. The largest absolute Gasteiger partial charge is 0.464 e. The number of hydrogen-bond acceptors (Lipinski definition) is 9. The van der Waals surface area contributed by atoms with Gasteiger partial charge in [0, 0.05) is 32.9 Å². The summed E-state index contributed by atoms with van der Waals surface area (Å²) in [5.74, 6) is 0.482. The molecule has 12 heteroatoms. The number of anilines is 2. The van der Waals surface area contributed by atoms with Crippen LogP contribution in [-0.2, 0) is 23.7 Å². The maximum absolute atomic E-state index is 13.4. The fraction of sp³-hybridized carbons (Fsp3) is 0.667. The van der Waals surface area contributed by atoms with Gasteiger partial charge in [-0.25, -0.2) is 14.6 Å². The number of nitrogens with zero attached hydrogens (tertiary/aromatic N) is 4. The summed E-state index contributed by atoms with van der Waals surface area (Å²) in [5, 5.41) is 7.46. The Balaban J connectivity index is 2.07. The monoisotopic (exact) mass is 603 g/mol. The number of aryl methyl sites for hydroxylation is 1. The predicted molar refractivity (Wildman–Crippen MR) is 167 cm³/mol. The Bertz CT molecular complexity index is 1260. The van der Waals surface area contributed by atoms with E-state index in [4.69, 9.17) is 29.0 Å². The Labute approximate surface area is 250 Å². The van der Waals surface area contributed by atoms with E-state index < -0.39 is 31.8 Å². The summed E-state index contributed by atoms with van der Waals surface area (Å²) in [6.07, 6.45) is 1.66. The van der Waals surface area contributed by atoms with Crippen LogP contribution in [0.1, 0.15) is 64.8 Å². The standard InChI is InChI=1S/C30H49N5O6Si/c1-11-17-40-30(7)13-15-34(16-14-30)26-24(25(27(36)38-12-2)41-29(4,5)6)21(3)31-23-20-22(33-35(23)26)32-28(37)39-18-19-42(8,9)10/h11,20,25H,1,12-19H2,2-10H3,(H,32,33,37)/t25-/m0/s1. The molecule has 1 atom stereocenters. The van der Waals surface area contributed by atoms with Gasteiger partial charge in [0.05, 0.1) is 36.6 Å². The molecule has 1 fully saturated rings. The highest BCUT2D eigenvalue weighted by molar-refractivity contribution is 6.76. The summed E-state index contributed by atoms with van der Waals surface area (Å²) in [4.78, 5) is 32.9. The van der Waals surface area contributed by atoms with Gasteiger partial charge >= 0.3 is 12.1 Å². The zero-order chi connectivity index (χ0) is 31.3. The topological polar surface area (TPSA) is 117 Å². The number of piperidine rings is 1. The second-order valence-corrected chi connectivity index (χ2v) is 18.8. The molecule has 2 aromatic rings. The van der Waals surface area contributed by atoms with Crippen LogP contribution in [0, 0.1) is 6.92 Å². The molecule has 0 saturated carbocycles. The molecule has 0 spiro atoms. The quantitative estimate of drug-likeness (QED) is 0.180. The molecular weight excluding hydrogens is 554 g/mol. The third-order valence-electron chi connectivity index (χ3n) is 7.02. The number of ether oxygens (including phenoxy) is 4. The Morgan fingerprint density at radius 2 is 1.88 bits per heavy atom. The fourth-order valence-corrected chi connectivity index (χ4v) is 5.48. The van der Waals surface area contributed by atoms with Gasteiger partial charge in [0.1, 0.15) is 5.82 Å². The molecule has 42 heavy (non-hydrogen) atoms. The van der Waals surface area contributed by atoms with Crippen molar-refractivity contribution in [2.75, 3.05) is 43.1 Å². The van der Waals surface area contributed by atoms with Gasteiger partial charge in [0.15, 0.2) is 17.6 Å². The van der Waals surface area contributed by atoms with Crippen molar-refractivity contribution in [1.82, 2.24) is 14.6 Å². The van der Waals surface area contributed by atoms with Gasteiger partial charge in [0.2, 0.25) is 0 Å². The molecule has 1 saturated heterocycles. The van der Waals surface area contributed by atoms with Gasteiger partial charge in [-0.3, -0.25) is 5.32 Å². The minimum atomic E-state index is -1.35. The SMILES string of the molecule is C=CCOC1(C)CCN(c2c([C@H](OC(C)(C)C)C(=O)OCC)c(C)nc3cc(NC(=O)OCC[Si](C)(C)C)nn23)CC1. The first kappa shape index (κ1) is 33.5. The first-order chi connectivity index (χ1) is 19.6. The van der Waals surface area contributed by atoms with Crippen LogP contribution in [-0.4, -0.2) is 78.8 Å². The number of carbonyl (C=O) groups excluding carboxylic acids is 2. The van der Waals surface area contributed by atoms with E-state index in [9.17, 15) is 9.59 Å². The van der Waals surface area contributed by atoms with Crippen LogP contribution in [0.3, 0.4) is 0 Å². The highest BCUT2D eigenvalue weighted by atomic mass is 28.3. The highest BCUT2D eigenvalue weighted by Crippen LogP contribution is 2.38. The Hall–Kier alpha value is -2.96. The van der Waals surface area contributed by atoms with E-state index >= 15 is 0 Å². The van der Waals surface area contributed by atoms with Crippen LogP contribution < -0.4 is 10.2 Å². The van der Waals surface area contributed by atoms with E-state index in [1.165, 1.54) is 0 Å². The molecule has 3 heterocycles. The van der Waals surface area contributed by atoms with E-state index in [2.05, 4.69) is 43.4 Å². The molecule has 2 aromatic heterocycles. The van der Waals surface area contributed by atoms with Crippen LogP contribution in [0.25, 0.3) is 5.65 Å². The van der Waals surface area contributed by atoms with E-state index in [-0.39, 0.29) is 12.2 Å². The van der Waals surface area contributed by atoms with Crippen molar-refractivity contribution >= 4 is 37.4 Å². The van der Waals surface area contributed by atoms with Crippen LogP contribution >= 0.6 is 0 Å². The van der Waals surface area contributed by atoms with Gasteiger partial charge < -0.3 is 23.8 Å². The lowest BCUT2D eigenvalue weighted by Gasteiger charge is -2.41. The van der Waals surface area contributed by atoms with Gasteiger partial charge in [-0.15, -0.1) is 11.7 Å². The number of aromatic nitrogens is 3. The van der Waals surface area contributed by atoms with Gasteiger partial charge in [-0.2, -0.15) is 4.52 Å². The Morgan fingerprint density at radius 3 is 2.45 bits per heavy atom. The van der Waals surface area contributed by atoms with Crippen LogP contribution in [0.2, 0.25) is 25.7 Å². The lowest BCUT2D eigenvalue weighted by Crippen LogP contribution is -2.45. The van der Waals surface area contributed by atoms with Crippen molar-refractivity contribution in [3.05, 3.63) is 30.0 Å². The minimum absolute atomic E-state index is 0.214. The molecule has 0 unspecified atom stereocenters. The van der Waals surface area contributed by atoms with E-state index in [1.807, 2.05) is 27.7 Å². The predicted octanol–water partition coefficient (Wildman–Crippen LogP) is 5.91. The lowest BCUT2D eigenvalue weighted by atomic mass is 9.92. The van der Waals surface area contributed by atoms with Gasteiger partial charge in [0.25, 0.3) is 0 Å². The molecule has 234 valence electrons. The van der Waals surface area contributed by atoms with Crippen molar-refractivity contribution in [3.63, 3.8) is 0 Å². The second kappa shape index (κ2) is 13.6. The van der Waals surface area contributed by atoms with Crippen molar-refractivity contribution in [2.45, 2.75) is 97.4 Å². The molecule has 3 rings (SSSR count). The number of esters is 1. The summed E-state index contributed by atoms with van der Waals surface area (Å²) < 4.78 is 25.0. The molecule has 1 N–H and O–H groups in total. The minimum Gasteiger partial charge on any atom is -0.464 e. The molecule has 1 amide bonds. The smallest absolute Gasteiger partial charge is 0.412 e. The van der Waals surface area contributed by atoms with Crippen LogP contribution in [0.4, 0.5) is 16.4 Å². The zero-order valence-electron chi connectivity index (χ0n) is 26.8. The van der Waals surface area contributed by atoms with Crippen molar-refractivity contribution in [1.29, 1.82) is 0 Å². The first-order valence-corrected chi connectivity index (χ1v) is 18.4. The van der Waals surface area contributed by atoms with E-state index in [1.54, 1.807) is 23.6 Å². The third kappa shape index (κ3) is 9.02. The fourth-order valence-electron chi connectivity index (χ4n) is 4.77. The van der Waals surface area contributed by atoms with E-state index in [0.717, 1.165) is 18.9 Å². The second-order valence-electron chi connectivity index (χ2n) is 13.2. The maximum atomic E-state index is 13.4. The van der Waals surface area contributed by atoms with Crippen LogP contribution in [0.15, 0.2) is 18.7 Å². The average Bonchev–Trinajstić information content (AvgIpc) is 3.26. The molecule has 1 aliphatic heterocycles. The summed E-state index contributed by atoms with van der Waals surface area (Å²) in [7, 11) is -1.35.